The van der Waals surface area contributed by atoms with Gasteiger partial charge >= 0.3 is 5.97 Å². The zero-order valence-corrected chi connectivity index (χ0v) is 13.6. The summed E-state index contributed by atoms with van der Waals surface area (Å²) in [4.78, 5) is 33.2. The molecule has 0 saturated carbocycles. The number of hydrazone groups is 1. The molecule has 0 fully saturated rings. The van der Waals surface area contributed by atoms with Gasteiger partial charge in [-0.15, -0.1) is 0 Å². The van der Waals surface area contributed by atoms with Gasteiger partial charge in [0.05, 0.1) is 17.4 Å². The molecule has 24 heavy (non-hydrogen) atoms. The van der Waals surface area contributed by atoms with Crippen LogP contribution in [0.2, 0.25) is 0 Å². The monoisotopic (exact) mass is 337 g/mol. The van der Waals surface area contributed by atoms with Crippen LogP contribution in [-0.2, 0) is 14.3 Å². The number of nitro benzene ring substituents is 1. The van der Waals surface area contributed by atoms with Crippen molar-refractivity contribution in [3.63, 3.8) is 0 Å². The molecule has 0 aliphatic heterocycles. The maximum Gasteiger partial charge on any atom is 0.314 e. The minimum absolute atomic E-state index is 0.0695. The SMILES string of the molecule is CCOC(=O)C(C)/C(C)=N/NC(=O)COc1ccc([N+](=O)[O-])cc1. The van der Waals surface area contributed by atoms with Crippen molar-refractivity contribution in [3.8, 4) is 5.75 Å². The fourth-order valence-electron chi connectivity index (χ4n) is 1.53. The van der Waals surface area contributed by atoms with E-state index in [1.54, 1.807) is 20.8 Å². The number of rotatable bonds is 8. The largest absolute Gasteiger partial charge is 0.484 e. The predicted molar refractivity (Wildman–Crippen MR) is 85.6 cm³/mol. The average Bonchev–Trinajstić information content (AvgIpc) is 2.57. The highest BCUT2D eigenvalue weighted by atomic mass is 16.6. The lowest BCUT2D eigenvalue weighted by Gasteiger charge is -2.10. The second-order valence-electron chi connectivity index (χ2n) is 4.80. The van der Waals surface area contributed by atoms with Gasteiger partial charge in [0.15, 0.2) is 6.61 Å². The molecular weight excluding hydrogens is 318 g/mol. The number of amides is 1. The van der Waals surface area contributed by atoms with E-state index in [0.717, 1.165) is 0 Å². The van der Waals surface area contributed by atoms with Crippen LogP contribution >= 0.6 is 0 Å². The van der Waals surface area contributed by atoms with Gasteiger partial charge in [0, 0.05) is 17.8 Å². The molecule has 0 bridgehead atoms. The zero-order valence-electron chi connectivity index (χ0n) is 13.6. The number of esters is 1. The fourth-order valence-corrected chi connectivity index (χ4v) is 1.53. The Bertz CT molecular complexity index is 627. The first kappa shape index (κ1) is 19.1. The standard InChI is InChI=1S/C15H19N3O6/c1-4-23-15(20)10(2)11(3)16-17-14(19)9-24-13-7-5-12(6-8-13)18(21)22/h5-8,10H,4,9H2,1-3H3,(H,17,19)/b16-11+. The number of nitro groups is 1. The third-order valence-corrected chi connectivity index (χ3v) is 3.04. The van der Waals surface area contributed by atoms with Crippen molar-refractivity contribution in [2.75, 3.05) is 13.2 Å². The number of benzene rings is 1. The van der Waals surface area contributed by atoms with Gasteiger partial charge in [0.2, 0.25) is 0 Å². The van der Waals surface area contributed by atoms with E-state index < -0.39 is 22.7 Å². The van der Waals surface area contributed by atoms with Crippen LogP contribution in [0.4, 0.5) is 5.69 Å². The van der Waals surface area contributed by atoms with Gasteiger partial charge in [0.25, 0.3) is 11.6 Å². The van der Waals surface area contributed by atoms with Gasteiger partial charge in [-0.2, -0.15) is 5.10 Å². The molecule has 1 amide bonds. The molecule has 0 aliphatic carbocycles. The van der Waals surface area contributed by atoms with Crippen molar-refractivity contribution in [1.82, 2.24) is 5.43 Å². The Hall–Kier alpha value is -2.97. The maximum atomic E-state index is 11.6. The van der Waals surface area contributed by atoms with E-state index in [9.17, 15) is 19.7 Å². The first-order chi connectivity index (χ1) is 11.3. The van der Waals surface area contributed by atoms with Gasteiger partial charge in [-0.3, -0.25) is 19.7 Å². The molecule has 1 atom stereocenters. The lowest BCUT2D eigenvalue weighted by Crippen LogP contribution is -2.28. The Kier molecular flexibility index (Phi) is 7.34. The highest BCUT2D eigenvalue weighted by Gasteiger charge is 2.17. The minimum Gasteiger partial charge on any atom is -0.484 e. The van der Waals surface area contributed by atoms with Crippen LogP contribution in [0.3, 0.4) is 0 Å². The van der Waals surface area contributed by atoms with E-state index in [0.29, 0.717) is 11.5 Å². The lowest BCUT2D eigenvalue weighted by atomic mass is 10.1. The third kappa shape index (κ3) is 6.03. The summed E-state index contributed by atoms with van der Waals surface area (Å²) in [5.74, 6) is -1.20. The van der Waals surface area contributed by atoms with Gasteiger partial charge in [-0.1, -0.05) is 0 Å². The Labute approximate surface area is 138 Å². The molecule has 1 rings (SSSR count). The molecule has 0 saturated heterocycles. The summed E-state index contributed by atoms with van der Waals surface area (Å²) in [5, 5.41) is 14.3. The molecule has 0 aliphatic rings. The molecule has 130 valence electrons. The van der Waals surface area contributed by atoms with E-state index in [1.807, 2.05) is 0 Å². The molecular formula is C15H19N3O6. The second-order valence-corrected chi connectivity index (χ2v) is 4.80. The molecule has 0 spiro atoms. The van der Waals surface area contributed by atoms with Crippen LogP contribution in [0.15, 0.2) is 29.4 Å². The Morgan fingerprint density at radius 1 is 1.33 bits per heavy atom. The van der Waals surface area contributed by atoms with E-state index in [-0.39, 0.29) is 18.9 Å². The molecule has 1 N–H and O–H groups in total. The Morgan fingerprint density at radius 3 is 2.50 bits per heavy atom. The van der Waals surface area contributed by atoms with Crippen LogP contribution in [0.25, 0.3) is 0 Å². The fraction of sp³-hybridized carbons (Fsp3) is 0.400. The summed E-state index contributed by atoms with van der Waals surface area (Å²) in [6.07, 6.45) is 0. The first-order valence-corrected chi connectivity index (χ1v) is 7.22. The van der Waals surface area contributed by atoms with Crippen molar-refractivity contribution in [3.05, 3.63) is 34.4 Å². The smallest absolute Gasteiger partial charge is 0.314 e. The van der Waals surface area contributed by atoms with Crippen LogP contribution < -0.4 is 10.2 Å². The number of hydrogen-bond donors (Lipinski definition) is 1. The van der Waals surface area contributed by atoms with Crippen LogP contribution in [-0.4, -0.2) is 35.7 Å². The first-order valence-electron chi connectivity index (χ1n) is 7.22. The molecule has 0 radical (unpaired) electrons. The van der Waals surface area contributed by atoms with E-state index >= 15 is 0 Å². The molecule has 0 aromatic heterocycles. The van der Waals surface area contributed by atoms with E-state index in [2.05, 4.69) is 10.5 Å². The molecule has 9 nitrogen and oxygen atoms in total. The van der Waals surface area contributed by atoms with Crippen molar-refractivity contribution < 1.29 is 24.0 Å². The quantitative estimate of drug-likeness (QED) is 0.333. The van der Waals surface area contributed by atoms with Gasteiger partial charge < -0.3 is 9.47 Å². The number of non-ortho nitro benzene ring substituents is 1. The molecule has 9 heteroatoms. The van der Waals surface area contributed by atoms with Gasteiger partial charge in [0.1, 0.15) is 5.75 Å². The van der Waals surface area contributed by atoms with E-state index in [1.165, 1.54) is 24.3 Å². The number of nitrogens with one attached hydrogen (secondary N) is 1. The normalized spacial score (nSPS) is 12.2. The highest BCUT2D eigenvalue weighted by Crippen LogP contribution is 2.17. The van der Waals surface area contributed by atoms with E-state index in [4.69, 9.17) is 9.47 Å². The highest BCUT2D eigenvalue weighted by molar-refractivity contribution is 6.00. The molecule has 0 heterocycles. The van der Waals surface area contributed by atoms with Crippen LogP contribution in [0.5, 0.6) is 5.75 Å². The van der Waals surface area contributed by atoms with Crippen molar-refractivity contribution in [2.24, 2.45) is 11.0 Å². The number of ether oxygens (including phenoxy) is 2. The van der Waals surface area contributed by atoms with Crippen LogP contribution in [0, 0.1) is 16.0 Å². The van der Waals surface area contributed by atoms with Crippen molar-refractivity contribution in [2.45, 2.75) is 20.8 Å². The zero-order chi connectivity index (χ0) is 18.1. The summed E-state index contributed by atoms with van der Waals surface area (Å²) in [5.41, 5.74) is 2.60. The molecule has 1 aromatic carbocycles. The van der Waals surface area contributed by atoms with Gasteiger partial charge in [-0.05, 0) is 32.9 Å². The number of carbonyl (C=O) groups is 2. The summed E-state index contributed by atoms with van der Waals surface area (Å²) in [6.45, 7) is 4.87. The van der Waals surface area contributed by atoms with Crippen molar-refractivity contribution in [1.29, 1.82) is 0 Å². The Balaban J connectivity index is 2.47. The Morgan fingerprint density at radius 2 is 1.96 bits per heavy atom. The lowest BCUT2D eigenvalue weighted by molar-refractivity contribution is -0.384. The van der Waals surface area contributed by atoms with Crippen molar-refractivity contribution >= 4 is 23.3 Å². The summed E-state index contributed by atoms with van der Waals surface area (Å²) in [6, 6.07) is 5.33. The number of hydrogen-bond acceptors (Lipinski definition) is 7. The predicted octanol–water partition coefficient (Wildman–Crippen LogP) is 1.66. The minimum atomic E-state index is -0.569. The second kappa shape index (κ2) is 9.23. The maximum absolute atomic E-state index is 11.6. The number of carbonyl (C=O) groups excluding carboxylic acids is 2. The molecule has 1 unspecified atom stereocenters. The summed E-state index contributed by atoms with van der Waals surface area (Å²) >= 11 is 0. The summed E-state index contributed by atoms with van der Waals surface area (Å²) in [7, 11) is 0. The topological polar surface area (TPSA) is 120 Å². The molecule has 1 aromatic rings. The number of nitrogens with zero attached hydrogens (tertiary/aromatic N) is 2. The average molecular weight is 337 g/mol. The third-order valence-electron chi connectivity index (χ3n) is 3.04. The van der Waals surface area contributed by atoms with Gasteiger partial charge in [-0.25, -0.2) is 5.43 Å². The van der Waals surface area contributed by atoms with Crippen LogP contribution in [0.1, 0.15) is 20.8 Å². The summed E-state index contributed by atoms with van der Waals surface area (Å²) < 4.78 is 10.0.